The van der Waals surface area contributed by atoms with E-state index in [1.54, 1.807) is 24.3 Å². The van der Waals surface area contributed by atoms with Gasteiger partial charge in [0.15, 0.2) is 11.3 Å². The zero-order valence-electron chi connectivity index (χ0n) is 11.2. The molecular weight excluding hydrogens is 272 g/mol. The van der Waals surface area contributed by atoms with Gasteiger partial charge in [0.2, 0.25) is 5.89 Å². The van der Waals surface area contributed by atoms with Crippen molar-refractivity contribution in [2.75, 3.05) is 0 Å². The highest BCUT2D eigenvalue weighted by atomic mass is 16.9. The summed E-state index contributed by atoms with van der Waals surface area (Å²) < 4.78 is 5.65. The molecule has 0 aliphatic heterocycles. The van der Waals surface area contributed by atoms with Crippen molar-refractivity contribution in [1.29, 1.82) is 0 Å². The SMILES string of the molecule is CC(=O)N(O)Oc1ccc(-c2nc3ccccc3o2)cc1. The molecule has 0 spiro atoms. The molecule has 0 fully saturated rings. The number of para-hydroxylation sites is 2. The fraction of sp³-hybridized carbons (Fsp3) is 0.0667. The molecule has 0 saturated carbocycles. The highest BCUT2D eigenvalue weighted by Gasteiger charge is 2.10. The first kappa shape index (κ1) is 13.1. The van der Waals surface area contributed by atoms with Crippen LogP contribution in [0.2, 0.25) is 0 Å². The van der Waals surface area contributed by atoms with Crippen LogP contribution in [0.25, 0.3) is 22.6 Å². The second kappa shape index (κ2) is 5.26. The van der Waals surface area contributed by atoms with Crippen molar-refractivity contribution in [2.45, 2.75) is 6.92 Å². The summed E-state index contributed by atoms with van der Waals surface area (Å²) in [7, 11) is 0. The second-order valence-electron chi connectivity index (χ2n) is 4.39. The maximum atomic E-state index is 10.9. The molecule has 3 rings (SSSR count). The van der Waals surface area contributed by atoms with Crippen molar-refractivity contribution in [2.24, 2.45) is 0 Å². The smallest absolute Gasteiger partial charge is 0.281 e. The number of nitrogens with zero attached hydrogens (tertiary/aromatic N) is 2. The molecule has 2 aromatic carbocycles. The number of hydrogen-bond acceptors (Lipinski definition) is 5. The predicted octanol–water partition coefficient (Wildman–Crippen LogP) is 3.03. The maximum absolute atomic E-state index is 10.9. The molecule has 0 unspecified atom stereocenters. The van der Waals surface area contributed by atoms with Gasteiger partial charge in [-0.05, 0) is 41.6 Å². The molecule has 6 heteroatoms. The number of amides is 1. The van der Waals surface area contributed by atoms with Crippen molar-refractivity contribution in [1.82, 2.24) is 10.2 Å². The van der Waals surface area contributed by atoms with Crippen LogP contribution >= 0.6 is 0 Å². The minimum Gasteiger partial charge on any atom is -0.436 e. The van der Waals surface area contributed by atoms with Gasteiger partial charge in [-0.1, -0.05) is 12.1 Å². The molecule has 1 N–H and O–H groups in total. The first-order valence-electron chi connectivity index (χ1n) is 6.27. The first-order valence-corrected chi connectivity index (χ1v) is 6.27. The van der Waals surface area contributed by atoms with Gasteiger partial charge in [-0.2, -0.15) is 0 Å². The molecule has 1 amide bonds. The Labute approximate surface area is 120 Å². The summed E-state index contributed by atoms with van der Waals surface area (Å²) in [5.41, 5.74) is 2.27. The Bertz CT molecular complexity index is 747. The fourth-order valence-electron chi connectivity index (χ4n) is 1.82. The van der Waals surface area contributed by atoms with Crippen LogP contribution in [-0.4, -0.2) is 21.3 Å². The van der Waals surface area contributed by atoms with Gasteiger partial charge in [0.1, 0.15) is 5.52 Å². The van der Waals surface area contributed by atoms with E-state index in [1.807, 2.05) is 24.3 Å². The lowest BCUT2D eigenvalue weighted by Crippen LogP contribution is -2.28. The molecule has 0 bridgehead atoms. The molecule has 21 heavy (non-hydrogen) atoms. The van der Waals surface area contributed by atoms with E-state index in [0.717, 1.165) is 11.1 Å². The summed E-state index contributed by atoms with van der Waals surface area (Å²) in [4.78, 5) is 20.2. The standard InChI is InChI=1S/C15H12N2O4/c1-10(18)17(19)21-12-8-6-11(7-9-12)15-16-13-4-2-3-5-14(13)20-15/h2-9,19H,1H3. The van der Waals surface area contributed by atoms with Crippen LogP contribution < -0.4 is 4.84 Å². The number of carbonyl (C=O) groups excluding carboxylic acids is 1. The van der Waals surface area contributed by atoms with E-state index in [4.69, 9.17) is 9.25 Å². The van der Waals surface area contributed by atoms with Crippen LogP contribution in [0.15, 0.2) is 52.9 Å². The Morgan fingerprint density at radius 1 is 1.19 bits per heavy atom. The van der Waals surface area contributed by atoms with Gasteiger partial charge < -0.3 is 9.25 Å². The van der Waals surface area contributed by atoms with E-state index in [-0.39, 0.29) is 5.23 Å². The van der Waals surface area contributed by atoms with Crippen LogP contribution in [0.3, 0.4) is 0 Å². The minimum atomic E-state index is -0.613. The quantitative estimate of drug-likeness (QED) is 0.591. The van der Waals surface area contributed by atoms with Gasteiger partial charge in [-0.25, -0.2) is 4.98 Å². The fourth-order valence-corrected chi connectivity index (χ4v) is 1.82. The number of oxazole rings is 1. The average Bonchev–Trinajstić information content (AvgIpc) is 2.91. The van der Waals surface area contributed by atoms with Crippen molar-refractivity contribution >= 4 is 17.0 Å². The van der Waals surface area contributed by atoms with Crippen molar-refractivity contribution < 1.29 is 19.3 Å². The maximum Gasteiger partial charge on any atom is 0.281 e. The lowest BCUT2D eigenvalue weighted by molar-refractivity contribution is -0.263. The van der Waals surface area contributed by atoms with Crippen molar-refractivity contribution in [3.05, 3.63) is 48.5 Å². The van der Waals surface area contributed by atoms with Gasteiger partial charge >= 0.3 is 0 Å². The van der Waals surface area contributed by atoms with Gasteiger partial charge in [0, 0.05) is 12.5 Å². The second-order valence-corrected chi connectivity index (χ2v) is 4.39. The van der Waals surface area contributed by atoms with Crippen LogP contribution in [0.5, 0.6) is 5.75 Å². The van der Waals surface area contributed by atoms with E-state index in [1.165, 1.54) is 6.92 Å². The first-order chi connectivity index (χ1) is 10.1. The van der Waals surface area contributed by atoms with Crippen LogP contribution in [0.4, 0.5) is 0 Å². The Morgan fingerprint density at radius 3 is 2.57 bits per heavy atom. The molecule has 0 aliphatic rings. The highest BCUT2D eigenvalue weighted by molar-refractivity contribution is 5.76. The number of hydroxylamine groups is 2. The Balaban J connectivity index is 1.85. The van der Waals surface area contributed by atoms with Crippen molar-refractivity contribution in [3.63, 3.8) is 0 Å². The van der Waals surface area contributed by atoms with Crippen LogP contribution in [-0.2, 0) is 4.79 Å². The Morgan fingerprint density at radius 2 is 1.90 bits per heavy atom. The number of rotatable bonds is 3. The molecule has 0 radical (unpaired) electrons. The third-order valence-corrected chi connectivity index (χ3v) is 2.86. The predicted molar refractivity (Wildman–Crippen MR) is 74.4 cm³/mol. The molecule has 0 saturated heterocycles. The lowest BCUT2D eigenvalue weighted by Gasteiger charge is -2.12. The lowest BCUT2D eigenvalue weighted by atomic mass is 10.2. The summed E-state index contributed by atoms with van der Waals surface area (Å²) in [6.45, 7) is 1.19. The molecule has 6 nitrogen and oxygen atoms in total. The molecule has 0 aliphatic carbocycles. The summed E-state index contributed by atoms with van der Waals surface area (Å²) in [5.74, 6) is 0.209. The third kappa shape index (κ3) is 2.70. The molecule has 1 aromatic heterocycles. The minimum absolute atomic E-state index is 0.175. The summed E-state index contributed by atoms with van der Waals surface area (Å²) >= 11 is 0. The highest BCUT2D eigenvalue weighted by Crippen LogP contribution is 2.25. The van der Waals surface area contributed by atoms with Crippen LogP contribution in [0.1, 0.15) is 6.92 Å². The molecule has 1 heterocycles. The zero-order valence-corrected chi connectivity index (χ0v) is 11.2. The largest absolute Gasteiger partial charge is 0.436 e. The van der Waals surface area contributed by atoms with Crippen LogP contribution in [0, 0.1) is 0 Å². The van der Waals surface area contributed by atoms with Gasteiger partial charge in [0.05, 0.1) is 0 Å². The molecule has 0 atom stereocenters. The number of carbonyl (C=O) groups is 1. The molecule has 106 valence electrons. The summed E-state index contributed by atoms with van der Waals surface area (Å²) in [6.07, 6.45) is 0. The van der Waals surface area contributed by atoms with Gasteiger partial charge in [-0.3, -0.25) is 10.0 Å². The van der Waals surface area contributed by atoms with E-state index >= 15 is 0 Å². The van der Waals surface area contributed by atoms with Gasteiger partial charge in [-0.15, -0.1) is 0 Å². The third-order valence-electron chi connectivity index (χ3n) is 2.86. The molecular formula is C15H12N2O4. The zero-order chi connectivity index (χ0) is 14.8. The van der Waals surface area contributed by atoms with Gasteiger partial charge in [0.25, 0.3) is 5.91 Å². The Kier molecular flexibility index (Phi) is 3.29. The average molecular weight is 284 g/mol. The van der Waals surface area contributed by atoms with E-state index < -0.39 is 5.91 Å². The monoisotopic (exact) mass is 284 g/mol. The normalized spacial score (nSPS) is 10.6. The summed E-state index contributed by atoms with van der Waals surface area (Å²) in [6, 6.07) is 14.2. The topological polar surface area (TPSA) is 75.8 Å². The molecule has 3 aromatic rings. The Hall–Kier alpha value is -2.86. The number of fused-ring (bicyclic) bond motifs is 1. The van der Waals surface area contributed by atoms with E-state index in [2.05, 4.69) is 4.98 Å². The van der Waals surface area contributed by atoms with E-state index in [0.29, 0.717) is 17.2 Å². The number of hydrogen-bond donors (Lipinski definition) is 1. The number of benzene rings is 2. The number of aromatic nitrogens is 1. The summed E-state index contributed by atoms with van der Waals surface area (Å²) in [5, 5.41) is 9.37. The van der Waals surface area contributed by atoms with E-state index in [9.17, 15) is 10.0 Å². The van der Waals surface area contributed by atoms with Crippen molar-refractivity contribution in [3.8, 4) is 17.2 Å².